The Balaban J connectivity index is 1.80. The van der Waals surface area contributed by atoms with Crippen molar-refractivity contribution in [3.05, 3.63) is 65.7 Å². The Morgan fingerprint density at radius 1 is 0.964 bits per heavy atom. The summed E-state index contributed by atoms with van der Waals surface area (Å²) >= 11 is 0.510. The van der Waals surface area contributed by atoms with Crippen LogP contribution in [0, 0.1) is 0 Å². The Morgan fingerprint density at radius 3 is 2.29 bits per heavy atom. The number of hydrogen-bond donors (Lipinski definition) is 2. The van der Waals surface area contributed by atoms with Crippen LogP contribution in [0.25, 0.3) is 0 Å². The first-order valence-corrected chi connectivity index (χ1v) is 9.86. The van der Waals surface area contributed by atoms with Crippen LogP contribution in [-0.4, -0.2) is 24.5 Å². The number of carbonyl (C=O) groups is 1. The van der Waals surface area contributed by atoms with Gasteiger partial charge in [0.15, 0.2) is 0 Å². The summed E-state index contributed by atoms with van der Waals surface area (Å²) in [5, 5.41) is 9.27. The number of rotatable bonds is 5. The number of anilines is 2. The molecule has 12 heteroatoms. The fourth-order valence-electron chi connectivity index (χ4n) is 2.14. The van der Waals surface area contributed by atoms with E-state index in [1.165, 1.54) is 6.07 Å². The number of alkyl halides is 3. The van der Waals surface area contributed by atoms with E-state index in [1.54, 1.807) is 30.3 Å². The quantitative estimate of drug-likeness (QED) is 0.605. The van der Waals surface area contributed by atoms with Gasteiger partial charge < -0.3 is 0 Å². The second-order valence-electron chi connectivity index (χ2n) is 5.34. The zero-order valence-corrected chi connectivity index (χ0v) is 15.4. The molecule has 0 fully saturated rings. The number of halogens is 3. The first-order chi connectivity index (χ1) is 13.2. The van der Waals surface area contributed by atoms with Gasteiger partial charge in [0, 0.05) is 5.56 Å². The van der Waals surface area contributed by atoms with Crippen LogP contribution >= 0.6 is 11.3 Å². The average molecular weight is 428 g/mol. The number of carbonyl (C=O) groups excluding carboxylic acids is 1. The predicted octanol–water partition coefficient (Wildman–Crippen LogP) is 3.61. The summed E-state index contributed by atoms with van der Waals surface area (Å²) in [5.74, 6) is -0.531. The third kappa shape index (κ3) is 4.46. The number of para-hydroxylation sites is 1. The number of benzene rings is 2. The maximum atomic E-state index is 13.0. The minimum absolute atomic E-state index is 0.113. The monoisotopic (exact) mass is 428 g/mol. The van der Waals surface area contributed by atoms with Crippen LogP contribution in [0.4, 0.5) is 24.0 Å². The number of nitrogens with zero attached hydrogens (tertiary/aromatic N) is 2. The molecule has 0 atom stereocenters. The molecule has 3 aromatic rings. The third-order valence-corrected chi connectivity index (χ3v) is 5.94. The van der Waals surface area contributed by atoms with Gasteiger partial charge in [-0.25, -0.2) is 0 Å². The SMILES string of the molecule is O=C(Nc1nnc(S(=O)(=O)Nc2ccccc2C(F)(F)F)s1)c1ccccc1. The highest BCUT2D eigenvalue weighted by atomic mass is 32.2. The van der Waals surface area contributed by atoms with Crippen molar-refractivity contribution in [2.24, 2.45) is 0 Å². The summed E-state index contributed by atoms with van der Waals surface area (Å²) < 4.78 is 65.1. The molecule has 7 nitrogen and oxygen atoms in total. The molecular weight excluding hydrogens is 417 g/mol. The van der Waals surface area contributed by atoms with E-state index in [1.807, 2.05) is 4.72 Å². The van der Waals surface area contributed by atoms with Gasteiger partial charge in [-0.1, -0.05) is 41.7 Å². The van der Waals surface area contributed by atoms with Gasteiger partial charge in [0.2, 0.25) is 5.13 Å². The first kappa shape index (κ1) is 19.8. The topological polar surface area (TPSA) is 101 Å². The number of aromatic nitrogens is 2. The predicted molar refractivity (Wildman–Crippen MR) is 96.6 cm³/mol. The fraction of sp³-hybridized carbons (Fsp3) is 0.0625. The smallest absolute Gasteiger partial charge is 0.296 e. The Bertz CT molecular complexity index is 1100. The number of amides is 1. The molecule has 0 saturated heterocycles. The van der Waals surface area contributed by atoms with Crippen molar-refractivity contribution in [2.45, 2.75) is 10.5 Å². The summed E-state index contributed by atoms with van der Waals surface area (Å²) in [6, 6.07) is 12.2. The second kappa shape index (κ2) is 7.56. The molecule has 0 unspecified atom stereocenters. The van der Waals surface area contributed by atoms with Crippen LogP contribution in [0.1, 0.15) is 15.9 Å². The minimum Gasteiger partial charge on any atom is -0.296 e. The van der Waals surface area contributed by atoms with Gasteiger partial charge in [0.05, 0.1) is 11.3 Å². The standard InChI is InChI=1S/C16H11F3N4O3S2/c17-16(18,19)11-8-4-5-9-12(11)23-28(25,26)15-22-21-14(27-15)20-13(24)10-6-2-1-3-7-10/h1-9,23H,(H,20,21,24). The van der Waals surface area contributed by atoms with Crippen molar-refractivity contribution in [3.63, 3.8) is 0 Å². The summed E-state index contributed by atoms with van der Waals surface area (Å²) in [4.78, 5) is 12.1. The molecule has 0 bridgehead atoms. The molecule has 3 rings (SSSR count). The highest BCUT2D eigenvalue weighted by Crippen LogP contribution is 2.35. The van der Waals surface area contributed by atoms with Crippen molar-refractivity contribution < 1.29 is 26.4 Å². The lowest BCUT2D eigenvalue weighted by atomic mass is 10.2. The van der Waals surface area contributed by atoms with Crippen LogP contribution in [0.15, 0.2) is 58.9 Å². The molecule has 0 aliphatic heterocycles. The van der Waals surface area contributed by atoms with Crippen LogP contribution in [-0.2, 0) is 16.2 Å². The van der Waals surface area contributed by atoms with Crippen LogP contribution in [0.3, 0.4) is 0 Å². The van der Waals surface area contributed by atoms with E-state index in [0.717, 1.165) is 18.2 Å². The van der Waals surface area contributed by atoms with Gasteiger partial charge in [-0.3, -0.25) is 14.8 Å². The average Bonchev–Trinajstić information content (AvgIpc) is 3.11. The molecule has 0 saturated carbocycles. The van der Waals surface area contributed by atoms with Crippen molar-refractivity contribution >= 4 is 38.1 Å². The highest BCUT2D eigenvalue weighted by Gasteiger charge is 2.34. The van der Waals surface area contributed by atoms with Crippen LogP contribution in [0.2, 0.25) is 0 Å². The zero-order valence-electron chi connectivity index (χ0n) is 13.8. The van der Waals surface area contributed by atoms with Crippen LogP contribution < -0.4 is 10.0 Å². The fourth-order valence-corrected chi connectivity index (χ4v) is 4.11. The summed E-state index contributed by atoms with van der Waals surface area (Å²) in [5.41, 5.74) is -1.46. The molecule has 0 spiro atoms. The zero-order chi connectivity index (χ0) is 20.4. The molecule has 2 N–H and O–H groups in total. The van der Waals surface area contributed by atoms with E-state index in [4.69, 9.17) is 0 Å². The first-order valence-electron chi connectivity index (χ1n) is 7.56. The van der Waals surface area contributed by atoms with E-state index in [0.29, 0.717) is 16.9 Å². The number of nitrogens with one attached hydrogen (secondary N) is 2. The molecule has 2 aromatic carbocycles. The maximum absolute atomic E-state index is 13.0. The minimum atomic E-state index is -4.74. The van der Waals surface area contributed by atoms with Crippen molar-refractivity contribution in [2.75, 3.05) is 10.0 Å². The van der Waals surface area contributed by atoms with E-state index >= 15 is 0 Å². The molecule has 0 aliphatic rings. The number of hydrogen-bond acceptors (Lipinski definition) is 6. The lowest BCUT2D eigenvalue weighted by Crippen LogP contribution is -2.17. The van der Waals surface area contributed by atoms with Crippen molar-refractivity contribution in [1.82, 2.24) is 10.2 Å². The van der Waals surface area contributed by atoms with Crippen molar-refractivity contribution in [3.8, 4) is 0 Å². The normalized spacial score (nSPS) is 11.8. The Morgan fingerprint density at radius 2 is 1.61 bits per heavy atom. The van der Waals surface area contributed by atoms with E-state index in [9.17, 15) is 26.4 Å². The van der Waals surface area contributed by atoms with Gasteiger partial charge in [-0.2, -0.15) is 21.6 Å². The molecule has 1 amide bonds. The van der Waals surface area contributed by atoms with E-state index in [2.05, 4.69) is 15.5 Å². The number of sulfonamides is 1. The molecule has 0 radical (unpaired) electrons. The summed E-state index contributed by atoms with van der Waals surface area (Å²) in [6.07, 6.45) is -4.74. The highest BCUT2D eigenvalue weighted by molar-refractivity contribution is 7.94. The molecule has 0 aliphatic carbocycles. The van der Waals surface area contributed by atoms with E-state index < -0.39 is 37.7 Å². The second-order valence-corrected chi connectivity index (χ2v) is 8.18. The van der Waals surface area contributed by atoms with Gasteiger partial charge in [0.25, 0.3) is 20.3 Å². The van der Waals surface area contributed by atoms with E-state index in [-0.39, 0.29) is 5.13 Å². The Hall–Kier alpha value is -2.99. The van der Waals surface area contributed by atoms with Crippen LogP contribution in [0.5, 0.6) is 0 Å². The molecule has 1 heterocycles. The van der Waals surface area contributed by atoms with Gasteiger partial charge in [-0.15, -0.1) is 10.2 Å². The van der Waals surface area contributed by atoms with Crippen molar-refractivity contribution in [1.29, 1.82) is 0 Å². The molecular formula is C16H11F3N4O3S2. The summed E-state index contributed by atoms with van der Waals surface area (Å²) in [6.45, 7) is 0. The molecule has 1 aromatic heterocycles. The maximum Gasteiger partial charge on any atom is 0.418 e. The van der Waals surface area contributed by atoms with Gasteiger partial charge in [0.1, 0.15) is 0 Å². The molecule has 28 heavy (non-hydrogen) atoms. The summed E-state index contributed by atoms with van der Waals surface area (Å²) in [7, 11) is -4.43. The third-order valence-electron chi connectivity index (χ3n) is 3.37. The lowest BCUT2D eigenvalue weighted by Gasteiger charge is -2.13. The molecule has 146 valence electrons. The van der Waals surface area contributed by atoms with Gasteiger partial charge >= 0.3 is 6.18 Å². The largest absolute Gasteiger partial charge is 0.418 e. The Labute approximate surface area is 161 Å². The Kier molecular flexibility index (Phi) is 5.34. The van der Waals surface area contributed by atoms with Gasteiger partial charge in [-0.05, 0) is 24.3 Å². The lowest BCUT2D eigenvalue weighted by molar-refractivity contribution is -0.136.